The molecule has 3 atom stereocenters. The first-order valence-electron chi connectivity index (χ1n) is 7.30. The molecule has 0 aliphatic carbocycles. The first-order valence-corrected chi connectivity index (χ1v) is 7.30. The predicted octanol–water partition coefficient (Wildman–Crippen LogP) is 3.65. The Kier molecular flexibility index (Phi) is 4.03. The number of hydrogen-bond donors (Lipinski definition) is 1. The minimum absolute atomic E-state index is 0.0931. The van der Waals surface area contributed by atoms with E-state index in [0.29, 0.717) is 5.92 Å². The van der Waals surface area contributed by atoms with E-state index in [0.717, 1.165) is 13.0 Å². The summed E-state index contributed by atoms with van der Waals surface area (Å²) in [5, 5.41) is 0. The molecule has 1 aliphatic rings. The smallest absolute Gasteiger partial charge is 0.0594 e. The van der Waals surface area contributed by atoms with Crippen molar-refractivity contribution in [2.45, 2.75) is 60.1 Å². The van der Waals surface area contributed by atoms with Crippen molar-refractivity contribution in [1.82, 2.24) is 0 Å². The molecular weight excluding hydrogens is 234 g/mol. The van der Waals surface area contributed by atoms with Gasteiger partial charge in [0.25, 0.3) is 0 Å². The molecule has 1 aliphatic heterocycles. The Morgan fingerprint density at radius 3 is 1.84 bits per heavy atom. The monoisotopic (exact) mass is 261 g/mol. The first kappa shape index (κ1) is 14.5. The summed E-state index contributed by atoms with van der Waals surface area (Å²) >= 11 is 0. The maximum Gasteiger partial charge on any atom is 0.0594 e. The van der Waals surface area contributed by atoms with Gasteiger partial charge in [-0.25, -0.2) is 0 Å². The van der Waals surface area contributed by atoms with Crippen LogP contribution in [0.5, 0.6) is 0 Å². The minimum atomic E-state index is 0.0931. The number of nitrogens with two attached hydrogens (primary N) is 1. The van der Waals surface area contributed by atoms with E-state index in [-0.39, 0.29) is 12.1 Å². The molecule has 1 heterocycles. The molecule has 0 aromatic heterocycles. The lowest BCUT2D eigenvalue weighted by atomic mass is 9.80. The summed E-state index contributed by atoms with van der Waals surface area (Å²) in [5.41, 5.74) is 14.9. The van der Waals surface area contributed by atoms with Gasteiger partial charge >= 0.3 is 0 Å². The fourth-order valence-electron chi connectivity index (χ4n) is 3.46. The second-order valence-corrected chi connectivity index (χ2v) is 6.09. The maximum atomic E-state index is 6.60. The van der Waals surface area contributed by atoms with Gasteiger partial charge in [0.1, 0.15) is 0 Å². The van der Waals surface area contributed by atoms with Crippen LogP contribution in [0.25, 0.3) is 0 Å². The molecule has 19 heavy (non-hydrogen) atoms. The summed E-state index contributed by atoms with van der Waals surface area (Å²) in [7, 11) is 0. The van der Waals surface area contributed by atoms with Crippen molar-refractivity contribution in [3.63, 3.8) is 0 Å². The number of hydrogen-bond acceptors (Lipinski definition) is 2. The highest BCUT2D eigenvalue weighted by molar-refractivity contribution is 5.50. The third-order valence-electron chi connectivity index (χ3n) is 5.29. The van der Waals surface area contributed by atoms with Gasteiger partial charge in [-0.2, -0.15) is 0 Å². The van der Waals surface area contributed by atoms with Gasteiger partial charge < -0.3 is 10.5 Å². The van der Waals surface area contributed by atoms with Crippen LogP contribution < -0.4 is 5.73 Å². The van der Waals surface area contributed by atoms with Crippen LogP contribution in [0.2, 0.25) is 0 Å². The zero-order valence-electron chi connectivity index (χ0n) is 13.1. The molecule has 0 bridgehead atoms. The van der Waals surface area contributed by atoms with Crippen molar-refractivity contribution in [3.8, 4) is 0 Å². The summed E-state index contributed by atoms with van der Waals surface area (Å²) in [6, 6.07) is 0.0931. The Morgan fingerprint density at radius 2 is 1.42 bits per heavy atom. The predicted molar refractivity (Wildman–Crippen MR) is 80.6 cm³/mol. The topological polar surface area (TPSA) is 35.2 Å². The molecule has 2 rings (SSSR count). The van der Waals surface area contributed by atoms with Crippen LogP contribution in [0, 0.1) is 40.5 Å². The fourth-order valence-corrected chi connectivity index (χ4v) is 3.46. The SMILES string of the molecule is Cc1c(C)c(C)c(C(N)C2CCOC2C)c(C)c1C. The number of rotatable bonds is 2. The molecule has 2 heteroatoms. The van der Waals surface area contributed by atoms with Gasteiger partial charge in [0.15, 0.2) is 0 Å². The van der Waals surface area contributed by atoms with E-state index in [1.54, 1.807) is 0 Å². The molecule has 3 unspecified atom stereocenters. The molecule has 2 nitrogen and oxygen atoms in total. The van der Waals surface area contributed by atoms with Crippen LogP contribution in [-0.2, 0) is 4.74 Å². The first-order chi connectivity index (χ1) is 8.86. The summed E-state index contributed by atoms with van der Waals surface area (Å²) in [5.74, 6) is 0.443. The van der Waals surface area contributed by atoms with Gasteiger partial charge in [-0.15, -0.1) is 0 Å². The largest absolute Gasteiger partial charge is 0.378 e. The molecule has 106 valence electrons. The van der Waals surface area contributed by atoms with Gasteiger partial charge in [-0.05, 0) is 81.3 Å². The molecular formula is C17H27NO. The number of benzene rings is 1. The van der Waals surface area contributed by atoms with E-state index >= 15 is 0 Å². The van der Waals surface area contributed by atoms with Crippen molar-refractivity contribution in [2.24, 2.45) is 11.7 Å². The van der Waals surface area contributed by atoms with Gasteiger partial charge in [-0.3, -0.25) is 0 Å². The molecule has 0 spiro atoms. The van der Waals surface area contributed by atoms with Gasteiger partial charge in [0.05, 0.1) is 6.10 Å². The summed E-state index contributed by atoms with van der Waals surface area (Å²) in [6.45, 7) is 14.1. The molecule has 0 saturated carbocycles. The normalized spacial score (nSPS) is 24.8. The van der Waals surface area contributed by atoms with Crippen molar-refractivity contribution in [2.75, 3.05) is 6.61 Å². The summed E-state index contributed by atoms with van der Waals surface area (Å²) in [6.07, 6.45) is 1.35. The van der Waals surface area contributed by atoms with Crippen molar-refractivity contribution in [3.05, 3.63) is 33.4 Å². The second-order valence-electron chi connectivity index (χ2n) is 6.09. The van der Waals surface area contributed by atoms with E-state index in [2.05, 4.69) is 41.5 Å². The van der Waals surface area contributed by atoms with Crippen LogP contribution in [0.4, 0.5) is 0 Å². The van der Waals surface area contributed by atoms with Crippen molar-refractivity contribution in [1.29, 1.82) is 0 Å². The Balaban J connectivity index is 2.50. The lowest BCUT2D eigenvalue weighted by Crippen LogP contribution is -2.28. The molecule has 1 aromatic rings. The van der Waals surface area contributed by atoms with E-state index in [1.807, 2.05) is 0 Å². The summed E-state index contributed by atoms with van der Waals surface area (Å²) < 4.78 is 5.69. The minimum Gasteiger partial charge on any atom is -0.378 e. The third-order valence-corrected chi connectivity index (χ3v) is 5.29. The van der Waals surface area contributed by atoms with Crippen LogP contribution in [0.1, 0.15) is 52.8 Å². The molecule has 1 aromatic carbocycles. The molecule has 2 N–H and O–H groups in total. The average molecular weight is 261 g/mol. The van der Waals surface area contributed by atoms with Crippen molar-refractivity contribution >= 4 is 0 Å². The van der Waals surface area contributed by atoms with Gasteiger partial charge in [-0.1, -0.05) is 0 Å². The van der Waals surface area contributed by atoms with Crippen LogP contribution >= 0.6 is 0 Å². The highest BCUT2D eigenvalue weighted by atomic mass is 16.5. The van der Waals surface area contributed by atoms with E-state index < -0.39 is 0 Å². The summed E-state index contributed by atoms with van der Waals surface area (Å²) in [4.78, 5) is 0. The quantitative estimate of drug-likeness (QED) is 0.882. The Morgan fingerprint density at radius 1 is 0.947 bits per heavy atom. The van der Waals surface area contributed by atoms with E-state index in [4.69, 9.17) is 10.5 Å². The highest BCUT2D eigenvalue weighted by Gasteiger charge is 2.32. The molecule has 1 fully saturated rings. The lowest BCUT2D eigenvalue weighted by molar-refractivity contribution is 0.0994. The van der Waals surface area contributed by atoms with E-state index in [9.17, 15) is 0 Å². The molecule has 0 amide bonds. The molecule has 1 saturated heterocycles. The lowest BCUT2D eigenvalue weighted by Gasteiger charge is -2.28. The van der Waals surface area contributed by atoms with Crippen LogP contribution in [0.3, 0.4) is 0 Å². The maximum absolute atomic E-state index is 6.60. The van der Waals surface area contributed by atoms with Crippen LogP contribution in [-0.4, -0.2) is 12.7 Å². The highest BCUT2D eigenvalue weighted by Crippen LogP contribution is 2.37. The standard InChI is InChI=1S/C17H27NO/c1-9-10(2)12(4)16(13(5)11(9)3)17(18)15-7-8-19-14(15)6/h14-15,17H,7-8,18H2,1-6H3. The average Bonchev–Trinajstić information content (AvgIpc) is 2.80. The van der Waals surface area contributed by atoms with E-state index in [1.165, 1.54) is 33.4 Å². The number of ether oxygens (including phenoxy) is 1. The molecule has 0 radical (unpaired) electrons. The van der Waals surface area contributed by atoms with Gasteiger partial charge in [0.2, 0.25) is 0 Å². The second kappa shape index (κ2) is 5.26. The fraction of sp³-hybridized carbons (Fsp3) is 0.647. The van der Waals surface area contributed by atoms with Gasteiger partial charge in [0, 0.05) is 18.6 Å². The zero-order valence-corrected chi connectivity index (χ0v) is 13.1. The third kappa shape index (κ3) is 2.32. The van der Waals surface area contributed by atoms with Crippen LogP contribution in [0.15, 0.2) is 0 Å². The Bertz CT molecular complexity index is 464. The van der Waals surface area contributed by atoms with Crippen molar-refractivity contribution < 1.29 is 4.74 Å². The Labute approximate surface area is 117 Å². The zero-order chi connectivity index (χ0) is 14.3. The Hall–Kier alpha value is -0.860.